The van der Waals surface area contributed by atoms with E-state index in [0.29, 0.717) is 12.4 Å². The van der Waals surface area contributed by atoms with Crippen LogP contribution >= 0.6 is 0 Å². The van der Waals surface area contributed by atoms with Crippen LogP contribution in [-0.4, -0.2) is 32.7 Å². The number of methoxy groups -OCH3 is 1. The van der Waals surface area contributed by atoms with Crippen LogP contribution in [0.1, 0.15) is 18.2 Å². The van der Waals surface area contributed by atoms with E-state index in [4.69, 9.17) is 14.5 Å². The molecule has 0 aliphatic heterocycles. The van der Waals surface area contributed by atoms with Gasteiger partial charge in [0.05, 0.1) is 12.6 Å². The molecule has 7 nitrogen and oxygen atoms in total. The summed E-state index contributed by atoms with van der Waals surface area (Å²) in [6, 6.07) is 24.2. The molecule has 0 amide bonds. The number of H-pyrrole nitrogens is 1. The van der Waals surface area contributed by atoms with Gasteiger partial charge in [0.2, 0.25) is 5.82 Å². The molecule has 7 heteroatoms. The molecule has 33 heavy (non-hydrogen) atoms. The summed E-state index contributed by atoms with van der Waals surface area (Å²) in [5.41, 5.74) is 6.02. The van der Waals surface area contributed by atoms with E-state index < -0.39 is 0 Å². The highest BCUT2D eigenvalue weighted by Gasteiger charge is 2.11. The number of nitrogens with one attached hydrogen (secondary N) is 1. The van der Waals surface area contributed by atoms with Crippen molar-refractivity contribution in [3.63, 3.8) is 0 Å². The molecule has 0 radical (unpaired) electrons. The minimum absolute atomic E-state index is 0.451. The highest BCUT2D eigenvalue weighted by atomic mass is 16.5. The summed E-state index contributed by atoms with van der Waals surface area (Å²) in [5, 5.41) is 15.4. The SMILES string of the molecule is CCc1cc(OCc2ccc(-c3ccccc3-c3nn[nH]n3)cc2)c2cc(OC)ccc2n1. The van der Waals surface area contributed by atoms with Crippen LogP contribution in [0.15, 0.2) is 72.8 Å². The maximum Gasteiger partial charge on any atom is 0.205 e. The summed E-state index contributed by atoms with van der Waals surface area (Å²) in [5.74, 6) is 2.16. The Kier molecular flexibility index (Phi) is 5.68. The zero-order valence-electron chi connectivity index (χ0n) is 18.4. The maximum absolute atomic E-state index is 6.25. The fraction of sp³-hybridized carbons (Fsp3) is 0.154. The van der Waals surface area contributed by atoms with Gasteiger partial charge in [-0.2, -0.15) is 5.21 Å². The minimum Gasteiger partial charge on any atom is -0.497 e. The van der Waals surface area contributed by atoms with Gasteiger partial charge in [-0.05, 0) is 46.5 Å². The van der Waals surface area contributed by atoms with E-state index in [9.17, 15) is 0 Å². The van der Waals surface area contributed by atoms with Gasteiger partial charge in [-0.1, -0.05) is 55.5 Å². The highest BCUT2D eigenvalue weighted by molar-refractivity contribution is 5.86. The van der Waals surface area contributed by atoms with Gasteiger partial charge in [-0.15, -0.1) is 10.2 Å². The first-order valence-corrected chi connectivity index (χ1v) is 10.8. The summed E-state index contributed by atoms with van der Waals surface area (Å²) in [7, 11) is 1.66. The third kappa shape index (κ3) is 4.25. The van der Waals surface area contributed by atoms with Crippen LogP contribution in [0.5, 0.6) is 11.5 Å². The van der Waals surface area contributed by atoms with Gasteiger partial charge in [0.1, 0.15) is 18.1 Å². The second kappa shape index (κ2) is 9.08. The molecule has 5 rings (SSSR count). The van der Waals surface area contributed by atoms with E-state index in [2.05, 4.69) is 57.9 Å². The van der Waals surface area contributed by atoms with E-state index in [-0.39, 0.29) is 0 Å². The minimum atomic E-state index is 0.451. The Hall–Kier alpha value is -4.26. The Morgan fingerprint density at radius 2 is 1.73 bits per heavy atom. The molecule has 2 heterocycles. The predicted molar refractivity (Wildman–Crippen MR) is 127 cm³/mol. The molecule has 0 saturated heterocycles. The Bertz CT molecular complexity index is 1380. The summed E-state index contributed by atoms with van der Waals surface area (Å²) < 4.78 is 11.6. The van der Waals surface area contributed by atoms with E-state index in [1.807, 2.05) is 42.5 Å². The number of pyridine rings is 1. The Morgan fingerprint density at radius 3 is 2.45 bits per heavy atom. The largest absolute Gasteiger partial charge is 0.497 e. The fourth-order valence-electron chi connectivity index (χ4n) is 3.80. The van der Waals surface area contributed by atoms with Crippen LogP contribution in [0, 0.1) is 0 Å². The average Bonchev–Trinajstić information content (AvgIpc) is 3.42. The average molecular weight is 438 g/mol. The first-order valence-electron chi connectivity index (χ1n) is 10.8. The molecule has 0 spiro atoms. The normalized spacial score (nSPS) is 11.0. The van der Waals surface area contributed by atoms with Crippen LogP contribution in [0.3, 0.4) is 0 Å². The molecule has 2 aromatic heterocycles. The molecule has 164 valence electrons. The highest BCUT2D eigenvalue weighted by Crippen LogP contribution is 2.31. The third-order valence-electron chi connectivity index (χ3n) is 5.57. The Labute approximate surface area is 191 Å². The second-order valence-electron chi connectivity index (χ2n) is 7.61. The number of fused-ring (bicyclic) bond motifs is 1. The molecule has 1 N–H and O–H groups in total. The molecule has 0 aliphatic rings. The number of benzene rings is 3. The quantitative estimate of drug-likeness (QED) is 0.375. The number of nitrogens with zero attached hydrogens (tertiary/aromatic N) is 4. The topological polar surface area (TPSA) is 85.8 Å². The van der Waals surface area contributed by atoms with Crippen molar-refractivity contribution >= 4 is 10.9 Å². The molecule has 0 saturated carbocycles. The summed E-state index contributed by atoms with van der Waals surface area (Å²) in [4.78, 5) is 4.71. The Morgan fingerprint density at radius 1 is 0.909 bits per heavy atom. The number of rotatable bonds is 7. The molecule has 0 atom stereocenters. The Balaban J connectivity index is 1.40. The van der Waals surface area contributed by atoms with Crippen molar-refractivity contribution in [1.29, 1.82) is 0 Å². The van der Waals surface area contributed by atoms with Crippen molar-refractivity contribution in [2.75, 3.05) is 7.11 Å². The lowest BCUT2D eigenvalue weighted by molar-refractivity contribution is 0.309. The van der Waals surface area contributed by atoms with Crippen LogP contribution < -0.4 is 9.47 Å². The number of ether oxygens (including phenoxy) is 2. The van der Waals surface area contributed by atoms with Gasteiger partial charge in [0, 0.05) is 22.7 Å². The van der Waals surface area contributed by atoms with Crippen molar-refractivity contribution < 1.29 is 9.47 Å². The van der Waals surface area contributed by atoms with Gasteiger partial charge in [0.25, 0.3) is 0 Å². The summed E-state index contributed by atoms with van der Waals surface area (Å²) >= 11 is 0. The molecule has 0 bridgehead atoms. The summed E-state index contributed by atoms with van der Waals surface area (Å²) in [6.45, 7) is 2.54. The van der Waals surface area contributed by atoms with Crippen LogP contribution in [0.25, 0.3) is 33.4 Å². The standard InChI is InChI=1S/C26H23N5O2/c1-3-19-14-25(23-15-20(32-2)12-13-24(23)27-19)33-16-17-8-10-18(11-9-17)21-6-4-5-7-22(21)26-28-30-31-29-26/h4-15H,3,16H2,1-2H3,(H,28,29,30,31). The molecule has 0 fully saturated rings. The number of aromatic amines is 1. The fourth-order valence-corrected chi connectivity index (χ4v) is 3.80. The van der Waals surface area contributed by atoms with Crippen LogP contribution in [0.4, 0.5) is 0 Å². The van der Waals surface area contributed by atoms with Gasteiger partial charge in [-0.3, -0.25) is 4.98 Å². The maximum atomic E-state index is 6.25. The van der Waals surface area contributed by atoms with Gasteiger partial charge in [-0.25, -0.2) is 0 Å². The predicted octanol–water partition coefficient (Wildman–Crippen LogP) is 5.23. The van der Waals surface area contributed by atoms with E-state index in [1.54, 1.807) is 7.11 Å². The molecule has 0 unspecified atom stereocenters. The monoisotopic (exact) mass is 437 g/mol. The van der Waals surface area contributed by atoms with Gasteiger partial charge in [0.15, 0.2) is 0 Å². The van der Waals surface area contributed by atoms with E-state index >= 15 is 0 Å². The summed E-state index contributed by atoms with van der Waals surface area (Å²) in [6.07, 6.45) is 0.840. The zero-order valence-corrected chi connectivity index (χ0v) is 18.4. The number of hydrogen-bond acceptors (Lipinski definition) is 6. The lowest BCUT2D eigenvalue weighted by Crippen LogP contribution is -1.99. The number of aryl methyl sites for hydroxylation is 1. The smallest absolute Gasteiger partial charge is 0.205 e. The second-order valence-corrected chi connectivity index (χ2v) is 7.61. The van der Waals surface area contributed by atoms with Crippen molar-refractivity contribution in [2.24, 2.45) is 0 Å². The van der Waals surface area contributed by atoms with E-state index in [1.165, 1.54) is 0 Å². The molecule has 0 aliphatic carbocycles. The lowest BCUT2D eigenvalue weighted by Gasteiger charge is -2.13. The molecular weight excluding hydrogens is 414 g/mol. The first-order chi connectivity index (χ1) is 16.2. The molecule has 5 aromatic rings. The number of tetrazole rings is 1. The van der Waals surface area contributed by atoms with Crippen LogP contribution in [0.2, 0.25) is 0 Å². The van der Waals surface area contributed by atoms with Crippen molar-refractivity contribution in [2.45, 2.75) is 20.0 Å². The number of hydrogen-bond donors (Lipinski definition) is 1. The van der Waals surface area contributed by atoms with Gasteiger partial charge < -0.3 is 9.47 Å². The van der Waals surface area contributed by atoms with Gasteiger partial charge >= 0.3 is 0 Å². The first kappa shape index (κ1) is 20.6. The van der Waals surface area contributed by atoms with Crippen LogP contribution in [-0.2, 0) is 13.0 Å². The number of aromatic nitrogens is 5. The zero-order chi connectivity index (χ0) is 22.6. The molecular formula is C26H23N5O2. The lowest BCUT2D eigenvalue weighted by atomic mass is 9.98. The van der Waals surface area contributed by atoms with Crippen molar-refractivity contribution in [3.05, 3.63) is 84.1 Å². The molecule has 3 aromatic carbocycles. The van der Waals surface area contributed by atoms with Crippen molar-refractivity contribution in [1.82, 2.24) is 25.6 Å². The van der Waals surface area contributed by atoms with E-state index in [0.717, 1.165) is 56.8 Å². The third-order valence-corrected chi connectivity index (χ3v) is 5.57. The van der Waals surface area contributed by atoms with Crippen molar-refractivity contribution in [3.8, 4) is 34.0 Å².